The lowest BCUT2D eigenvalue weighted by Crippen LogP contribution is -2.35. The van der Waals surface area contributed by atoms with Crippen LogP contribution < -0.4 is 9.64 Å². The Balaban J connectivity index is 3.61. The van der Waals surface area contributed by atoms with Gasteiger partial charge in [0.05, 0.1) is 19.9 Å². The van der Waals surface area contributed by atoms with Crippen molar-refractivity contribution < 1.29 is 32.2 Å². The molecule has 0 saturated carbocycles. The second kappa shape index (κ2) is 7.49. The Morgan fingerprint density at radius 3 is 2.12 bits per heavy atom. The summed E-state index contributed by atoms with van der Waals surface area (Å²) in [5.74, 6) is -1.22. The summed E-state index contributed by atoms with van der Waals surface area (Å²) >= 11 is 0. The molecule has 0 N–H and O–H groups in total. The minimum atomic E-state index is -4.20. The van der Waals surface area contributed by atoms with E-state index < -0.39 is 31.6 Å². The molecule has 0 atom stereocenters. The number of hydrogen-bond acceptors (Lipinski definition) is 7. The summed E-state index contributed by atoms with van der Waals surface area (Å²) in [5.41, 5.74) is -0.984. The van der Waals surface area contributed by atoms with Crippen molar-refractivity contribution in [3.63, 3.8) is 0 Å². The molecule has 140 valence electrons. The Labute approximate surface area is 151 Å². The third-order valence-corrected chi connectivity index (χ3v) is 4.33. The van der Waals surface area contributed by atoms with E-state index in [0.29, 0.717) is 0 Å². The molecule has 0 fully saturated rings. The molecule has 0 spiro atoms. The molecule has 8 nitrogen and oxygen atoms in total. The molecule has 0 radical (unpaired) electrons. The Bertz CT molecular complexity index is 784. The molecule has 0 saturated heterocycles. The van der Waals surface area contributed by atoms with Crippen molar-refractivity contribution >= 4 is 37.5 Å². The zero-order valence-corrected chi connectivity index (χ0v) is 16.3. The molecule has 1 amide bonds. The molecule has 0 unspecified atom stereocenters. The zero-order valence-electron chi connectivity index (χ0n) is 14.7. The van der Waals surface area contributed by atoms with Crippen LogP contribution in [0.1, 0.15) is 31.1 Å². The third kappa shape index (κ3) is 4.99. The molecule has 0 aliphatic rings. The number of anilines is 1. The molecule has 0 heterocycles. The van der Waals surface area contributed by atoms with Crippen LogP contribution in [-0.2, 0) is 18.5 Å². The van der Waals surface area contributed by atoms with Crippen molar-refractivity contribution in [2.75, 3.05) is 26.2 Å². The normalized spacial score (nSPS) is 11.6. The van der Waals surface area contributed by atoms with Gasteiger partial charge in [0.1, 0.15) is 16.1 Å². The number of carbonyl (C=O) groups is 2. The summed E-state index contributed by atoms with van der Waals surface area (Å²) in [6.45, 7) is 5.05. The molecule has 25 heavy (non-hydrogen) atoms. The van der Waals surface area contributed by atoms with Crippen LogP contribution in [0.4, 0.5) is 10.5 Å². The highest BCUT2D eigenvalue weighted by atomic mass is 35.7. The summed E-state index contributed by atoms with van der Waals surface area (Å²) in [6, 6.07) is 2.37. The average molecular weight is 394 g/mol. The zero-order chi connectivity index (χ0) is 19.6. The van der Waals surface area contributed by atoms with E-state index >= 15 is 0 Å². The molecule has 0 aliphatic heterocycles. The van der Waals surface area contributed by atoms with E-state index in [1.807, 2.05) is 0 Å². The van der Waals surface area contributed by atoms with Crippen LogP contribution in [0.25, 0.3) is 0 Å². The van der Waals surface area contributed by atoms with Crippen molar-refractivity contribution in [1.29, 1.82) is 0 Å². The minimum Gasteiger partial charge on any atom is -0.494 e. The van der Waals surface area contributed by atoms with Gasteiger partial charge in [-0.05, 0) is 32.9 Å². The van der Waals surface area contributed by atoms with Crippen LogP contribution in [0, 0.1) is 0 Å². The van der Waals surface area contributed by atoms with Gasteiger partial charge in [-0.2, -0.15) is 0 Å². The van der Waals surface area contributed by atoms with Crippen molar-refractivity contribution in [2.45, 2.75) is 31.3 Å². The Morgan fingerprint density at radius 1 is 1.16 bits per heavy atom. The molecular formula is C15H20ClNO7S. The van der Waals surface area contributed by atoms with Crippen LogP contribution in [0.2, 0.25) is 0 Å². The smallest absolute Gasteiger partial charge is 0.414 e. The fraction of sp³-hybridized carbons (Fsp3) is 0.467. The van der Waals surface area contributed by atoms with Gasteiger partial charge in [-0.1, -0.05) is 0 Å². The van der Waals surface area contributed by atoms with Gasteiger partial charge in [-0.3, -0.25) is 4.90 Å². The molecule has 0 aliphatic carbocycles. The molecule has 0 bridgehead atoms. The summed E-state index contributed by atoms with van der Waals surface area (Å²) in [7, 11) is 4.83. The maximum Gasteiger partial charge on any atom is 0.414 e. The first-order valence-electron chi connectivity index (χ1n) is 7.04. The fourth-order valence-corrected chi connectivity index (χ4v) is 2.96. The summed E-state index contributed by atoms with van der Waals surface area (Å²) < 4.78 is 38.4. The number of amides is 1. The predicted octanol–water partition coefficient (Wildman–Crippen LogP) is 2.78. The number of carbonyl (C=O) groups excluding carboxylic acids is 2. The Hall–Kier alpha value is -2.00. The van der Waals surface area contributed by atoms with Crippen LogP contribution in [0.3, 0.4) is 0 Å². The maximum atomic E-state index is 12.3. The summed E-state index contributed by atoms with van der Waals surface area (Å²) in [4.78, 5) is 25.1. The van der Waals surface area contributed by atoms with E-state index in [9.17, 15) is 18.0 Å². The molecule has 10 heteroatoms. The number of nitrogens with zero attached hydrogens (tertiary/aromatic N) is 1. The quantitative estimate of drug-likeness (QED) is 0.572. The third-order valence-electron chi connectivity index (χ3n) is 2.98. The van der Waals surface area contributed by atoms with Gasteiger partial charge in [0.2, 0.25) is 0 Å². The highest BCUT2D eigenvalue weighted by Gasteiger charge is 2.31. The highest BCUT2D eigenvalue weighted by Crippen LogP contribution is 2.37. The predicted molar refractivity (Wildman–Crippen MR) is 92.0 cm³/mol. The van der Waals surface area contributed by atoms with Gasteiger partial charge in [0, 0.05) is 17.7 Å². The number of halogens is 1. The molecule has 0 aromatic heterocycles. The van der Waals surface area contributed by atoms with Gasteiger partial charge >= 0.3 is 12.1 Å². The summed E-state index contributed by atoms with van der Waals surface area (Å²) in [6.07, 6.45) is -0.749. The van der Waals surface area contributed by atoms with Crippen LogP contribution in [0.15, 0.2) is 17.0 Å². The minimum absolute atomic E-state index is 0.0435. The molecular weight excluding hydrogens is 374 g/mol. The standard InChI is InChI=1S/C15H20ClNO7S/c1-15(2,3)24-14(19)17(4)9-7-8-10(25(16,20)21)12(22-5)11(9)13(18)23-6/h7-8H,1-6H3. The van der Waals surface area contributed by atoms with E-state index in [0.717, 1.165) is 18.1 Å². The van der Waals surface area contributed by atoms with Crippen molar-refractivity contribution in [3.8, 4) is 5.75 Å². The van der Waals surface area contributed by atoms with Gasteiger partial charge in [0.15, 0.2) is 5.75 Å². The monoisotopic (exact) mass is 393 g/mol. The largest absolute Gasteiger partial charge is 0.494 e. The second-order valence-electron chi connectivity index (χ2n) is 5.96. The number of hydrogen-bond donors (Lipinski definition) is 0. The number of esters is 1. The molecule has 1 aromatic carbocycles. The van der Waals surface area contributed by atoms with Crippen LogP contribution in [0.5, 0.6) is 5.75 Å². The lowest BCUT2D eigenvalue weighted by atomic mass is 10.1. The van der Waals surface area contributed by atoms with Crippen molar-refractivity contribution in [2.24, 2.45) is 0 Å². The number of rotatable bonds is 4. The van der Waals surface area contributed by atoms with Gasteiger partial charge in [0.25, 0.3) is 9.05 Å². The lowest BCUT2D eigenvalue weighted by Gasteiger charge is -2.26. The first-order chi connectivity index (χ1) is 11.3. The molecule has 1 rings (SSSR count). The van der Waals surface area contributed by atoms with E-state index in [1.54, 1.807) is 20.8 Å². The van der Waals surface area contributed by atoms with Crippen LogP contribution in [-0.4, -0.2) is 47.3 Å². The van der Waals surface area contributed by atoms with Crippen LogP contribution >= 0.6 is 10.7 Å². The van der Waals surface area contributed by atoms with Crippen molar-refractivity contribution in [1.82, 2.24) is 0 Å². The number of methoxy groups -OCH3 is 2. The SMILES string of the molecule is COC(=O)c1c(N(C)C(=O)OC(C)(C)C)ccc(S(=O)(=O)Cl)c1OC. The first kappa shape index (κ1) is 21.0. The second-order valence-corrected chi connectivity index (χ2v) is 8.49. The maximum absolute atomic E-state index is 12.3. The summed E-state index contributed by atoms with van der Waals surface area (Å²) in [5, 5.41) is 0. The van der Waals surface area contributed by atoms with Gasteiger partial charge in [-0.25, -0.2) is 18.0 Å². The van der Waals surface area contributed by atoms with Gasteiger partial charge in [-0.15, -0.1) is 0 Å². The Morgan fingerprint density at radius 2 is 1.72 bits per heavy atom. The topological polar surface area (TPSA) is 99.2 Å². The lowest BCUT2D eigenvalue weighted by molar-refractivity contribution is 0.0586. The van der Waals surface area contributed by atoms with Gasteiger partial charge < -0.3 is 14.2 Å². The first-order valence-corrected chi connectivity index (χ1v) is 9.35. The number of benzene rings is 1. The van der Waals surface area contributed by atoms with E-state index in [-0.39, 0.29) is 17.0 Å². The van der Waals surface area contributed by atoms with E-state index in [2.05, 4.69) is 4.74 Å². The highest BCUT2D eigenvalue weighted by molar-refractivity contribution is 8.13. The molecule has 1 aromatic rings. The van der Waals surface area contributed by atoms with E-state index in [1.165, 1.54) is 20.2 Å². The van der Waals surface area contributed by atoms with Crippen molar-refractivity contribution in [3.05, 3.63) is 17.7 Å². The average Bonchev–Trinajstić information content (AvgIpc) is 2.49. The fourth-order valence-electron chi connectivity index (χ4n) is 1.96. The number of ether oxygens (including phenoxy) is 3. The Kier molecular flexibility index (Phi) is 6.30. The van der Waals surface area contributed by atoms with E-state index in [4.69, 9.17) is 20.2 Å².